The van der Waals surface area contributed by atoms with E-state index in [9.17, 15) is 4.79 Å². The summed E-state index contributed by atoms with van der Waals surface area (Å²) in [4.78, 5) is 11.4. The van der Waals surface area contributed by atoms with Gasteiger partial charge in [-0.2, -0.15) is 0 Å². The van der Waals surface area contributed by atoms with Crippen LogP contribution in [0.3, 0.4) is 0 Å². The number of ether oxygens (including phenoxy) is 1. The lowest BCUT2D eigenvalue weighted by molar-refractivity contribution is -0.138. The maximum atomic E-state index is 11.4. The highest BCUT2D eigenvalue weighted by atomic mass is 28.4. The molecular formula is C19H40O3Si2. The van der Waals surface area contributed by atoms with Crippen LogP contribution in [0.25, 0.3) is 0 Å². The lowest BCUT2D eigenvalue weighted by atomic mass is 10.2. The van der Waals surface area contributed by atoms with Crippen molar-refractivity contribution in [2.75, 3.05) is 6.61 Å². The number of hydrogen-bond donors (Lipinski definition) is 0. The normalized spacial score (nSPS) is 13.0. The van der Waals surface area contributed by atoms with Gasteiger partial charge in [0.2, 0.25) is 0 Å². The van der Waals surface area contributed by atoms with Gasteiger partial charge in [0.1, 0.15) is 0 Å². The third kappa shape index (κ3) is 11.2. The van der Waals surface area contributed by atoms with Gasteiger partial charge < -0.3 is 9.16 Å². The van der Waals surface area contributed by atoms with Crippen LogP contribution in [0.15, 0.2) is 12.2 Å². The topological polar surface area (TPSA) is 35.5 Å². The van der Waals surface area contributed by atoms with Crippen LogP contribution in [-0.4, -0.2) is 34.6 Å². The van der Waals surface area contributed by atoms with E-state index in [1.807, 2.05) is 0 Å². The van der Waals surface area contributed by atoms with Gasteiger partial charge in [0.25, 0.3) is 0 Å². The molecule has 3 nitrogen and oxygen atoms in total. The largest absolute Gasteiger partial charge is 0.462 e. The predicted molar refractivity (Wildman–Crippen MR) is 110 cm³/mol. The standard InChI is InChI=1S/C19H40O3Si2/c1-10-11-14-23(6,7)16-19(4,5)22-24(8,9)15-12-13-21-18(20)17(2)3/h2,10-16H2,1,3-9H3. The molecular weight excluding hydrogens is 332 g/mol. The minimum Gasteiger partial charge on any atom is -0.462 e. The molecule has 0 aromatic rings. The van der Waals surface area contributed by atoms with Crippen LogP contribution in [0.4, 0.5) is 0 Å². The summed E-state index contributed by atoms with van der Waals surface area (Å²) in [7, 11) is -2.97. The van der Waals surface area contributed by atoms with E-state index in [4.69, 9.17) is 9.16 Å². The van der Waals surface area contributed by atoms with Gasteiger partial charge in [-0.3, -0.25) is 0 Å². The fraction of sp³-hybridized carbons (Fsp3) is 0.842. The summed E-state index contributed by atoms with van der Waals surface area (Å²) < 4.78 is 11.8. The van der Waals surface area contributed by atoms with Crippen LogP contribution in [0.2, 0.25) is 44.3 Å². The van der Waals surface area contributed by atoms with Crippen LogP contribution < -0.4 is 0 Å². The third-order valence-electron chi connectivity index (χ3n) is 4.17. The van der Waals surface area contributed by atoms with Crippen LogP contribution >= 0.6 is 0 Å². The summed E-state index contributed by atoms with van der Waals surface area (Å²) in [6.45, 7) is 22.0. The van der Waals surface area contributed by atoms with Crippen LogP contribution in [0, 0.1) is 0 Å². The van der Waals surface area contributed by atoms with Crippen molar-refractivity contribution in [1.29, 1.82) is 0 Å². The van der Waals surface area contributed by atoms with E-state index in [0.717, 1.165) is 12.5 Å². The molecule has 0 bridgehead atoms. The van der Waals surface area contributed by atoms with E-state index in [-0.39, 0.29) is 11.6 Å². The second-order valence-corrected chi connectivity index (χ2v) is 18.5. The summed E-state index contributed by atoms with van der Waals surface area (Å²) in [5.74, 6) is -0.292. The molecule has 24 heavy (non-hydrogen) atoms. The molecule has 142 valence electrons. The summed E-state index contributed by atoms with van der Waals surface area (Å²) in [5.41, 5.74) is 0.413. The summed E-state index contributed by atoms with van der Waals surface area (Å²) >= 11 is 0. The predicted octanol–water partition coefficient (Wildman–Crippen LogP) is 6.00. The Morgan fingerprint density at radius 3 is 2.17 bits per heavy atom. The fourth-order valence-corrected chi connectivity index (χ4v) is 10.2. The van der Waals surface area contributed by atoms with Crippen LogP contribution in [-0.2, 0) is 14.0 Å². The fourth-order valence-electron chi connectivity index (χ4n) is 3.52. The highest BCUT2D eigenvalue weighted by Gasteiger charge is 2.35. The molecule has 0 spiro atoms. The zero-order valence-corrected chi connectivity index (χ0v) is 19.4. The SMILES string of the molecule is C=C(C)C(=O)OCCC[Si](C)(C)OC(C)(C)C[Si](C)(C)CCCC. The Hall–Kier alpha value is -0.396. The van der Waals surface area contributed by atoms with Gasteiger partial charge >= 0.3 is 5.97 Å². The Morgan fingerprint density at radius 2 is 1.67 bits per heavy atom. The molecule has 0 saturated carbocycles. The average molecular weight is 373 g/mol. The van der Waals surface area contributed by atoms with Crippen molar-refractivity contribution in [1.82, 2.24) is 0 Å². The lowest BCUT2D eigenvalue weighted by Crippen LogP contribution is -2.45. The first-order valence-electron chi connectivity index (χ1n) is 9.33. The highest BCUT2D eigenvalue weighted by molar-refractivity contribution is 6.77. The van der Waals surface area contributed by atoms with Crippen molar-refractivity contribution in [3.63, 3.8) is 0 Å². The molecule has 0 aromatic heterocycles. The van der Waals surface area contributed by atoms with E-state index < -0.39 is 16.4 Å². The van der Waals surface area contributed by atoms with Gasteiger partial charge in [-0.1, -0.05) is 45.5 Å². The molecule has 0 amide bonds. The Bertz CT molecular complexity index is 415. The van der Waals surface area contributed by atoms with Crippen molar-refractivity contribution in [3.05, 3.63) is 12.2 Å². The lowest BCUT2D eigenvalue weighted by Gasteiger charge is -2.39. The van der Waals surface area contributed by atoms with Crippen LogP contribution in [0.5, 0.6) is 0 Å². The van der Waals surface area contributed by atoms with E-state index in [0.29, 0.717) is 12.2 Å². The summed E-state index contributed by atoms with van der Waals surface area (Å²) in [6.07, 6.45) is 3.48. The van der Waals surface area contributed by atoms with E-state index in [1.54, 1.807) is 6.92 Å². The Balaban J connectivity index is 4.39. The van der Waals surface area contributed by atoms with Gasteiger partial charge in [0, 0.05) is 11.2 Å². The third-order valence-corrected chi connectivity index (χ3v) is 10.3. The molecule has 5 heteroatoms. The second-order valence-electron chi connectivity index (χ2n) is 9.09. The molecule has 0 fully saturated rings. The zero-order chi connectivity index (χ0) is 19.0. The van der Waals surface area contributed by atoms with Gasteiger partial charge in [-0.15, -0.1) is 0 Å². The molecule has 0 aromatic carbocycles. The molecule has 0 unspecified atom stereocenters. The number of carbonyl (C=O) groups excluding carboxylic acids is 1. The van der Waals surface area contributed by atoms with E-state index in [2.05, 4.69) is 53.5 Å². The molecule has 0 atom stereocenters. The number of rotatable bonds is 12. The quantitative estimate of drug-likeness (QED) is 0.182. The van der Waals surface area contributed by atoms with Gasteiger partial charge in [-0.25, -0.2) is 4.79 Å². The first kappa shape index (κ1) is 23.6. The molecule has 0 radical (unpaired) electrons. The first-order valence-corrected chi connectivity index (χ1v) is 15.9. The number of carbonyl (C=O) groups is 1. The van der Waals surface area contributed by atoms with E-state index in [1.165, 1.54) is 24.9 Å². The zero-order valence-electron chi connectivity index (χ0n) is 17.4. The number of unbranched alkanes of at least 4 members (excludes halogenated alkanes) is 1. The highest BCUT2D eigenvalue weighted by Crippen LogP contribution is 2.32. The van der Waals surface area contributed by atoms with Gasteiger partial charge in [0.05, 0.1) is 14.7 Å². The van der Waals surface area contributed by atoms with Gasteiger partial charge in [0.15, 0.2) is 8.32 Å². The molecule has 0 saturated heterocycles. The Labute approximate surface area is 152 Å². The number of hydrogen-bond acceptors (Lipinski definition) is 3. The number of esters is 1. The Morgan fingerprint density at radius 1 is 1.08 bits per heavy atom. The van der Waals surface area contributed by atoms with Gasteiger partial charge in [-0.05, 0) is 52.4 Å². The van der Waals surface area contributed by atoms with Crippen LogP contribution in [0.1, 0.15) is 47.0 Å². The minimum absolute atomic E-state index is 0.0480. The molecule has 0 heterocycles. The second kappa shape index (κ2) is 9.92. The Kier molecular flexibility index (Phi) is 9.76. The van der Waals surface area contributed by atoms with Crippen molar-refractivity contribution in [3.8, 4) is 0 Å². The maximum absolute atomic E-state index is 11.4. The first-order chi connectivity index (χ1) is 10.8. The minimum atomic E-state index is -1.76. The average Bonchev–Trinajstić information content (AvgIpc) is 2.38. The summed E-state index contributed by atoms with van der Waals surface area (Å²) in [5, 5.41) is 0. The van der Waals surface area contributed by atoms with Crippen molar-refractivity contribution < 1.29 is 14.0 Å². The van der Waals surface area contributed by atoms with E-state index >= 15 is 0 Å². The van der Waals surface area contributed by atoms with Crippen molar-refractivity contribution >= 4 is 22.4 Å². The molecule has 0 aliphatic rings. The molecule has 0 rings (SSSR count). The monoisotopic (exact) mass is 372 g/mol. The summed E-state index contributed by atoms with van der Waals surface area (Å²) in [6, 6.07) is 3.60. The maximum Gasteiger partial charge on any atom is 0.333 e. The van der Waals surface area contributed by atoms with Crippen molar-refractivity contribution in [2.45, 2.75) is 96.9 Å². The smallest absolute Gasteiger partial charge is 0.333 e. The molecule has 0 aliphatic heterocycles. The molecule has 0 aliphatic carbocycles. The molecule has 0 N–H and O–H groups in total. The van der Waals surface area contributed by atoms with Crippen molar-refractivity contribution in [2.24, 2.45) is 0 Å².